The summed E-state index contributed by atoms with van der Waals surface area (Å²) >= 11 is 3.49. The molecule has 1 heterocycles. The second-order valence-corrected chi connectivity index (χ2v) is 8.98. The highest BCUT2D eigenvalue weighted by Crippen LogP contribution is 2.36. The van der Waals surface area contributed by atoms with Gasteiger partial charge in [-0.25, -0.2) is 13.4 Å². The van der Waals surface area contributed by atoms with Crippen LogP contribution in [0.1, 0.15) is 11.4 Å². The topological polar surface area (TPSA) is 70.4 Å². The van der Waals surface area contributed by atoms with Gasteiger partial charge in [0.1, 0.15) is 11.6 Å². The molecule has 0 radical (unpaired) electrons. The largest absolute Gasteiger partial charge is 0.493 e. The Hall–Kier alpha value is -2.06. The number of fused-ring (bicyclic) bond motifs is 1. The van der Waals surface area contributed by atoms with Crippen molar-refractivity contribution in [1.82, 2.24) is 9.55 Å². The van der Waals surface area contributed by atoms with E-state index in [0.717, 1.165) is 21.1 Å². The van der Waals surface area contributed by atoms with Crippen molar-refractivity contribution < 1.29 is 17.9 Å². The molecular formula is C18H19BrN2O4S. The summed E-state index contributed by atoms with van der Waals surface area (Å²) in [6, 6.07) is 11.4. The van der Waals surface area contributed by atoms with E-state index in [1.54, 1.807) is 14.2 Å². The van der Waals surface area contributed by atoms with Gasteiger partial charge in [0.2, 0.25) is 0 Å². The van der Waals surface area contributed by atoms with E-state index in [4.69, 9.17) is 9.47 Å². The number of aromatic nitrogens is 2. The number of hydrogen-bond donors (Lipinski definition) is 0. The predicted octanol–water partition coefficient (Wildman–Crippen LogP) is 3.41. The Balaban J connectivity index is 2.11. The van der Waals surface area contributed by atoms with Gasteiger partial charge in [0.05, 0.1) is 29.7 Å². The van der Waals surface area contributed by atoms with Crippen LogP contribution in [0, 0.1) is 0 Å². The Kier molecular flexibility index (Phi) is 5.24. The van der Waals surface area contributed by atoms with Gasteiger partial charge in [-0.1, -0.05) is 12.1 Å². The van der Waals surface area contributed by atoms with Crippen LogP contribution in [0.5, 0.6) is 11.5 Å². The van der Waals surface area contributed by atoms with Crippen LogP contribution in [-0.2, 0) is 22.1 Å². The van der Waals surface area contributed by atoms with E-state index in [-0.39, 0.29) is 5.75 Å². The zero-order valence-electron chi connectivity index (χ0n) is 14.7. The highest BCUT2D eigenvalue weighted by molar-refractivity contribution is 9.10. The lowest BCUT2D eigenvalue weighted by Crippen LogP contribution is -2.10. The van der Waals surface area contributed by atoms with Crippen LogP contribution in [0.2, 0.25) is 0 Å². The van der Waals surface area contributed by atoms with Crippen LogP contribution < -0.4 is 9.47 Å². The van der Waals surface area contributed by atoms with Crippen molar-refractivity contribution in [2.75, 3.05) is 20.5 Å². The van der Waals surface area contributed by atoms with Gasteiger partial charge in [-0.3, -0.25) is 0 Å². The fourth-order valence-corrected chi connectivity index (χ4v) is 4.23. The number of ether oxygens (including phenoxy) is 2. The highest BCUT2D eigenvalue weighted by atomic mass is 79.9. The highest BCUT2D eigenvalue weighted by Gasteiger charge is 2.17. The lowest BCUT2D eigenvalue weighted by atomic mass is 10.2. The minimum Gasteiger partial charge on any atom is -0.493 e. The first-order valence-corrected chi connectivity index (χ1v) is 10.7. The molecule has 3 rings (SSSR count). The van der Waals surface area contributed by atoms with Gasteiger partial charge < -0.3 is 14.0 Å². The molecule has 3 aromatic rings. The normalized spacial score (nSPS) is 11.7. The Labute approximate surface area is 160 Å². The van der Waals surface area contributed by atoms with Gasteiger partial charge >= 0.3 is 0 Å². The third kappa shape index (κ3) is 3.86. The average molecular weight is 439 g/mol. The maximum atomic E-state index is 11.8. The molecule has 2 aromatic carbocycles. The number of hydrogen-bond acceptors (Lipinski definition) is 5. The van der Waals surface area contributed by atoms with Crippen molar-refractivity contribution in [1.29, 1.82) is 0 Å². The minimum absolute atomic E-state index is 0.115. The number of benzene rings is 2. The molecule has 0 atom stereocenters. The van der Waals surface area contributed by atoms with E-state index in [9.17, 15) is 8.42 Å². The molecule has 0 N–H and O–H groups in total. The number of para-hydroxylation sites is 2. The lowest BCUT2D eigenvalue weighted by Gasteiger charge is -2.14. The molecule has 26 heavy (non-hydrogen) atoms. The second-order valence-electron chi connectivity index (χ2n) is 5.99. The smallest absolute Gasteiger partial charge is 0.174 e. The van der Waals surface area contributed by atoms with E-state index in [1.807, 2.05) is 41.0 Å². The van der Waals surface area contributed by atoms with Crippen molar-refractivity contribution in [2.45, 2.75) is 12.3 Å². The number of imidazole rings is 1. The third-order valence-corrected chi connectivity index (χ3v) is 5.33. The molecule has 0 unspecified atom stereocenters. The maximum absolute atomic E-state index is 11.8. The molecule has 0 bridgehead atoms. The first kappa shape index (κ1) is 18.7. The van der Waals surface area contributed by atoms with Gasteiger partial charge in [0.15, 0.2) is 21.3 Å². The Morgan fingerprint density at radius 3 is 2.54 bits per heavy atom. The van der Waals surface area contributed by atoms with Crippen LogP contribution in [0.3, 0.4) is 0 Å². The zero-order valence-corrected chi connectivity index (χ0v) is 17.1. The maximum Gasteiger partial charge on any atom is 0.174 e. The van der Waals surface area contributed by atoms with E-state index in [2.05, 4.69) is 20.9 Å². The van der Waals surface area contributed by atoms with E-state index < -0.39 is 9.84 Å². The fourth-order valence-electron chi connectivity index (χ4n) is 2.89. The molecule has 8 heteroatoms. The van der Waals surface area contributed by atoms with Crippen molar-refractivity contribution >= 4 is 36.8 Å². The SMILES string of the molecule is COc1cc(Cn2c(CS(C)(=O)=O)nc3ccccc32)cc(Br)c1OC. The molecule has 0 saturated carbocycles. The first-order chi connectivity index (χ1) is 12.3. The number of methoxy groups -OCH3 is 2. The van der Waals surface area contributed by atoms with Crippen LogP contribution in [0.15, 0.2) is 40.9 Å². The molecule has 0 amide bonds. The summed E-state index contributed by atoms with van der Waals surface area (Å²) < 4.78 is 37.1. The Morgan fingerprint density at radius 1 is 1.15 bits per heavy atom. The van der Waals surface area contributed by atoms with Crippen molar-refractivity contribution in [3.8, 4) is 11.5 Å². The van der Waals surface area contributed by atoms with Crippen molar-refractivity contribution in [3.63, 3.8) is 0 Å². The molecule has 1 aromatic heterocycles. The summed E-state index contributed by atoms with van der Waals surface area (Å²) in [5, 5.41) is 0. The molecule has 138 valence electrons. The molecule has 6 nitrogen and oxygen atoms in total. The lowest BCUT2D eigenvalue weighted by molar-refractivity contribution is 0.352. The standard InChI is InChI=1S/C18H19BrN2O4S/c1-24-16-9-12(8-13(19)18(16)25-2)10-21-15-7-5-4-6-14(15)20-17(21)11-26(3,22)23/h4-9H,10-11H2,1-3H3. The molecule has 0 fully saturated rings. The summed E-state index contributed by atoms with van der Waals surface area (Å²) in [4.78, 5) is 4.51. The Morgan fingerprint density at radius 2 is 1.88 bits per heavy atom. The van der Waals surface area contributed by atoms with Crippen LogP contribution in [-0.4, -0.2) is 38.4 Å². The van der Waals surface area contributed by atoms with Gasteiger partial charge in [0, 0.05) is 12.8 Å². The molecule has 0 aliphatic heterocycles. The average Bonchev–Trinajstić information content (AvgIpc) is 2.90. The number of nitrogens with zero attached hydrogens (tertiary/aromatic N) is 2. The molecule has 0 spiro atoms. The monoisotopic (exact) mass is 438 g/mol. The van der Waals surface area contributed by atoms with Crippen LogP contribution in [0.25, 0.3) is 11.0 Å². The number of sulfone groups is 1. The Bertz CT molecular complexity index is 1060. The molecule has 0 aliphatic carbocycles. The van der Waals surface area contributed by atoms with Crippen LogP contribution in [0.4, 0.5) is 0 Å². The van der Waals surface area contributed by atoms with E-state index in [1.165, 1.54) is 6.26 Å². The molecular weight excluding hydrogens is 420 g/mol. The van der Waals surface area contributed by atoms with Gasteiger partial charge in [-0.05, 0) is 45.8 Å². The predicted molar refractivity (Wildman–Crippen MR) is 105 cm³/mol. The van der Waals surface area contributed by atoms with Crippen LogP contribution >= 0.6 is 15.9 Å². The second kappa shape index (κ2) is 7.28. The fraction of sp³-hybridized carbons (Fsp3) is 0.278. The van der Waals surface area contributed by atoms with Gasteiger partial charge in [-0.2, -0.15) is 0 Å². The summed E-state index contributed by atoms with van der Waals surface area (Å²) in [6.07, 6.45) is 1.21. The quantitative estimate of drug-likeness (QED) is 0.589. The summed E-state index contributed by atoms with van der Waals surface area (Å²) in [6.45, 7) is 0.463. The third-order valence-electron chi connectivity index (χ3n) is 3.96. The molecule has 0 saturated heterocycles. The zero-order chi connectivity index (χ0) is 18.9. The summed E-state index contributed by atoms with van der Waals surface area (Å²) in [7, 11) is -0.0502. The molecule has 0 aliphatic rings. The van der Waals surface area contributed by atoms with Gasteiger partial charge in [0.25, 0.3) is 0 Å². The van der Waals surface area contributed by atoms with Crippen molar-refractivity contribution in [3.05, 3.63) is 52.3 Å². The van der Waals surface area contributed by atoms with E-state index >= 15 is 0 Å². The summed E-state index contributed by atoms with van der Waals surface area (Å²) in [5.74, 6) is 1.62. The summed E-state index contributed by atoms with van der Waals surface area (Å²) in [5.41, 5.74) is 2.59. The first-order valence-electron chi connectivity index (χ1n) is 7.84. The number of rotatable bonds is 6. The number of halogens is 1. The minimum atomic E-state index is -3.21. The van der Waals surface area contributed by atoms with Crippen molar-refractivity contribution in [2.24, 2.45) is 0 Å². The van der Waals surface area contributed by atoms with Gasteiger partial charge in [-0.15, -0.1) is 0 Å². The van der Waals surface area contributed by atoms with E-state index in [0.29, 0.717) is 23.9 Å².